The van der Waals surface area contributed by atoms with Crippen LogP contribution in [-0.4, -0.2) is 66.8 Å². The molecule has 1 heterocycles. The summed E-state index contributed by atoms with van der Waals surface area (Å²) in [6, 6.07) is 1.93. The lowest BCUT2D eigenvalue weighted by Crippen LogP contribution is -2.59. The van der Waals surface area contributed by atoms with Gasteiger partial charge in [-0.25, -0.2) is 0 Å². The van der Waals surface area contributed by atoms with Gasteiger partial charge in [-0.2, -0.15) is 0 Å². The van der Waals surface area contributed by atoms with Crippen LogP contribution in [0.2, 0.25) is 0 Å². The number of ether oxygens (including phenoxy) is 1. The van der Waals surface area contributed by atoms with Crippen LogP contribution in [0.15, 0.2) is 0 Å². The largest absolute Gasteiger partial charge is 0.383 e. The average Bonchev–Trinajstić information content (AvgIpc) is 3.16. The van der Waals surface area contributed by atoms with Crippen molar-refractivity contribution in [3.8, 4) is 0 Å². The monoisotopic (exact) mass is 269 g/mol. The number of hydrogen-bond donors (Lipinski definition) is 1. The highest BCUT2D eigenvalue weighted by atomic mass is 16.5. The first-order chi connectivity index (χ1) is 9.07. The Kier molecular flexibility index (Phi) is 4.88. The maximum atomic E-state index is 6.22. The molecule has 0 aromatic carbocycles. The predicted molar refractivity (Wildman–Crippen MR) is 79.3 cm³/mol. The molecule has 1 saturated heterocycles. The van der Waals surface area contributed by atoms with E-state index in [0.717, 1.165) is 32.3 Å². The maximum Gasteiger partial charge on any atom is 0.0615 e. The molecule has 2 rings (SSSR count). The quantitative estimate of drug-likeness (QED) is 0.756. The Balaban J connectivity index is 2.12. The van der Waals surface area contributed by atoms with E-state index in [9.17, 15) is 0 Å². The number of hydrogen-bond acceptors (Lipinski definition) is 4. The zero-order valence-electron chi connectivity index (χ0n) is 13.1. The number of nitrogens with two attached hydrogens (primary N) is 1. The highest BCUT2D eigenvalue weighted by molar-refractivity contribution is 5.07. The SMILES string of the molecule is CCN(C(C)COC)C1(CN)CC(C)N(C2CC2)C1. The van der Waals surface area contributed by atoms with Crippen molar-refractivity contribution in [1.29, 1.82) is 0 Å². The number of methoxy groups -OCH3 is 1. The van der Waals surface area contributed by atoms with E-state index in [1.165, 1.54) is 19.3 Å². The van der Waals surface area contributed by atoms with E-state index in [-0.39, 0.29) is 5.54 Å². The molecule has 2 aliphatic rings. The highest BCUT2D eigenvalue weighted by Crippen LogP contribution is 2.40. The van der Waals surface area contributed by atoms with Crippen molar-refractivity contribution in [1.82, 2.24) is 9.80 Å². The molecule has 1 aliphatic heterocycles. The minimum Gasteiger partial charge on any atom is -0.383 e. The highest BCUT2D eigenvalue weighted by Gasteiger charge is 2.49. The molecule has 1 saturated carbocycles. The standard InChI is InChI=1S/C15H31N3O/c1-5-18(13(3)9-19-4)15(10-16)8-12(2)17(11-15)14-6-7-14/h12-14H,5-11,16H2,1-4H3. The lowest BCUT2D eigenvalue weighted by atomic mass is 9.92. The second-order valence-electron chi connectivity index (χ2n) is 6.48. The summed E-state index contributed by atoms with van der Waals surface area (Å²) in [7, 11) is 1.78. The molecule has 2 N–H and O–H groups in total. The van der Waals surface area contributed by atoms with Crippen LogP contribution in [0, 0.1) is 0 Å². The van der Waals surface area contributed by atoms with E-state index in [1.807, 2.05) is 0 Å². The summed E-state index contributed by atoms with van der Waals surface area (Å²) < 4.78 is 5.35. The summed E-state index contributed by atoms with van der Waals surface area (Å²) in [6.07, 6.45) is 3.96. The van der Waals surface area contributed by atoms with Gasteiger partial charge in [-0.05, 0) is 39.7 Å². The van der Waals surface area contributed by atoms with Crippen molar-refractivity contribution in [2.24, 2.45) is 5.73 Å². The molecular formula is C15H31N3O. The molecule has 0 aromatic rings. The Hall–Kier alpha value is -0.160. The van der Waals surface area contributed by atoms with Gasteiger partial charge in [-0.1, -0.05) is 6.92 Å². The topological polar surface area (TPSA) is 41.7 Å². The summed E-state index contributed by atoms with van der Waals surface area (Å²) in [6.45, 7) is 10.6. The fourth-order valence-corrected chi connectivity index (χ4v) is 4.04. The normalized spacial score (nSPS) is 34.1. The van der Waals surface area contributed by atoms with Crippen LogP contribution in [0.5, 0.6) is 0 Å². The lowest BCUT2D eigenvalue weighted by molar-refractivity contribution is 0.0240. The molecule has 0 aromatic heterocycles. The molecule has 3 unspecified atom stereocenters. The Bertz CT molecular complexity index is 295. The molecule has 0 amide bonds. The van der Waals surface area contributed by atoms with Crippen LogP contribution in [0.1, 0.15) is 40.0 Å². The lowest BCUT2D eigenvalue weighted by Gasteiger charge is -2.43. The van der Waals surface area contributed by atoms with Crippen LogP contribution in [0.25, 0.3) is 0 Å². The van der Waals surface area contributed by atoms with Gasteiger partial charge >= 0.3 is 0 Å². The molecule has 112 valence electrons. The van der Waals surface area contributed by atoms with Crippen molar-refractivity contribution in [2.75, 3.05) is 33.4 Å². The Morgan fingerprint density at radius 1 is 1.47 bits per heavy atom. The smallest absolute Gasteiger partial charge is 0.0615 e. The predicted octanol–water partition coefficient (Wildman–Crippen LogP) is 1.30. The minimum absolute atomic E-state index is 0.148. The molecule has 0 spiro atoms. The average molecular weight is 269 g/mol. The van der Waals surface area contributed by atoms with Gasteiger partial charge in [0.2, 0.25) is 0 Å². The van der Waals surface area contributed by atoms with Gasteiger partial charge in [0.1, 0.15) is 0 Å². The van der Waals surface area contributed by atoms with Crippen molar-refractivity contribution < 1.29 is 4.74 Å². The minimum atomic E-state index is 0.148. The number of likely N-dealkylation sites (N-methyl/N-ethyl adjacent to an activating group) is 1. The fraction of sp³-hybridized carbons (Fsp3) is 1.00. The summed E-state index contributed by atoms with van der Waals surface area (Å²) in [5.41, 5.74) is 6.36. The molecule has 2 fully saturated rings. The summed E-state index contributed by atoms with van der Waals surface area (Å²) >= 11 is 0. The zero-order valence-corrected chi connectivity index (χ0v) is 13.1. The second-order valence-corrected chi connectivity index (χ2v) is 6.48. The van der Waals surface area contributed by atoms with Gasteiger partial charge in [-0.15, -0.1) is 0 Å². The van der Waals surface area contributed by atoms with Gasteiger partial charge in [0.25, 0.3) is 0 Å². The van der Waals surface area contributed by atoms with Gasteiger partial charge in [0.05, 0.1) is 6.61 Å². The van der Waals surface area contributed by atoms with E-state index in [1.54, 1.807) is 7.11 Å². The van der Waals surface area contributed by atoms with Crippen molar-refractivity contribution in [2.45, 2.75) is 63.7 Å². The van der Waals surface area contributed by atoms with Crippen LogP contribution >= 0.6 is 0 Å². The van der Waals surface area contributed by atoms with Crippen LogP contribution < -0.4 is 5.73 Å². The second kappa shape index (κ2) is 6.08. The summed E-state index contributed by atoms with van der Waals surface area (Å²) in [5, 5.41) is 0. The first kappa shape index (κ1) is 15.2. The van der Waals surface area contributed by atoms with Gasteiger partial charge in [0, 0.05) is 43.9 Å². The van der Waals surface area contributed by atoms with Crippen LogP contribution in [0.4, 0.5) is 0 Å². The van der Waals surface area contributed by atoms with Crippen LogP contribution in [0.3, 0.4) is 0 Å². The van der Waals surface area contributed by atoms with E-state index in [0.29, 0.717) is 12.1 Å². The van der Waals surface area contributed by atoms with Gasteiger partial charge < -0.3 is 10.5 Å². The molecule has 0 bridgehead atoms. The zero-order chi connectivity index (χ0) is 14.0. The van der Waals surface area contributed by atoms with Gasteiger partial charge in [-0.3, -0.25) is 9.80 Å². The first-order valence-corrected chi connectivity index (χ1v) is 7.79. The molecule has 19 heavy (non-hydrogen) atoms. The molecule has 3 atom stereocenters. The Labute approximate surface area is 118 Å². The van der Waals surface area contributed by atoms with Crippen LogP contribution in [-0.2, 0) is 4.74 Å². The van der Waals surface area contributed by atoms with Crippen molar-refractivity contribution in [3.63, 3.8) is 0 Å². The van der Waals surface area contributed by atoms with E-state index in [2.05, 4.69) is 30.6 Å². The van der Waals surface area contributed by atoms with Gasteiger partial charge in [0.15, 0.2) is 0 Å². The summed E-state index contributed by atoms with van der Waals surface area (Å²) in [4.78, 5) is 5.27. The molecule has 1 aliphatic carbocycles. The van der Waals surface area contributed by atoms with E-state index < -0.39 is 0 Å². The number of rotatable bonds is 7. The number of nitrogens with zero attached hydrogens (tertiary/aromatic N) is 2. The third kappa shape index (κ3) is 2.97. The molecule has 4 heteroatoms. The fourth-order valence-electron chi connectivity index (χ4n) is 4.04. The molecule has 4 nitrogen and oxygen atoms in total. The van der Waals surface area contributed by atoms with Crippen molar-refractivity contribution in [3.05, 3.63) is 0 Å². The first-order valence-electron chi connectivity index (χ1n) is 7.79. The third-order valence-corrected chi connectivity index (χ3v) is 5.00. The summed E-state index contributed by atoms with van der Waals surface area (Å²) in [5.74, 6) is 0. The Morgan fingerprint density at radius 3 is 2.63 bits per heavy atom. The number of likely N-dealkylation sites (tertiary alicyclic amines) is 1. The third-order valence-electron chi connectivity index (χ3n) is 5.00. The van der Waals surface area contributed by atoms with E-state index in [4.69, 9.17) is 10.5 Å². The molecule has 0 radical (unpaired) electrons. The Morgan fingerprint density at radius 2 is 2.16 bits per heavy atom. The maximum absolute atomic E-state index is 6.22. The van der Waals surface area contributed by atoms with Crippen molar-refractivity contribution >= 4 is 0 Å². The molecular weight excluding hydrogens is 238 g/mol. The van der Waals surface area contributed by atoms with E-state index >= 15 is 0 Å².